The molecule has 0 bridgehead atoms. The van der Waals surface area contributed by atoms with Crippen molar-refractivity contribution in [2.45, 2.75) is 13.7 Å². The SMILES string of the molecule is Cc1cc([N+](=O)[O-])nn1COc1ccccc1C=NNC(N)=O. The van der Waals surface area contributed by atoms with Crippen LogP contribution in [0.4, 0.5) is 10.6 Å². The number of aromatic nitrogens is 2. The number of urea groups is 1. The summed E-state index contributed by atoms with van der Waals surface area (Å²) < 4.78 is 6.97. The summed E-state index contributed by atoms with van der Waals surface area (Å²) in [5.74, 6) is 0.228. The number of hydrazone groups is 1. The molecule has 0 saturated heterocycles. The Labute approximate surface area is 130 Å². The fourth-order valence-corrected chi connectivity index (χ4v) is 1.73. The molecule has 0 saturated carbocycles. The second kappa shape index (κ2) is 7.02. The van der Waals surface area contributed by atoms with Gasteiger partial charge in [-0.2, -0.15) is 5.10 Å². The summed E-state index contributed by atoms with van der Waals surface area (Å²) in [6, 6.07) is 7.51. The number of rotatable bonds is 6. The van der Waals surface area contributed by atoms with E-state index < -0.39 is 11.0 Å². The predicted octanol–water partition coefficient (Wildman–Crippen LogP) is 1.14. The van der Waals surface area contributed by atoms with Crippen LogP contribution in [0.3, 0.4) is 0 Å². The summed E-state index contributed by atoms with van der Waals surface area (Å²) in [5, 5.41) is 18.2. The second-order valence-corrected chi connectivity index (χ2v) is 4.45. The first-order valence-corrected chi connectivity index (χ1v) is 6.46. The van der Waals surface area contributed by atoms with Crippen molar-refractivity contribution in [2.24, 2.45) is 10.8 Å². The Morgan fingerprint density at radius 1 is 1.57 bits per heavy atom. The number of carbonyl (C=O) groups is 1. The van der Waals surface area contributed by atoms with Crippen LogP contribution in [0.1, 0.15) is 11.3 Å². The highest BCUT2D eigenvalue weighted by Gasteiger charge is 2.15. The highest BCUT2D eigenvalue weighted by molar-refractivity contribution is 5.84. The number of hydrogen-bond donors (Lipinski definition) is 2. The van der Waals surface area contributed by atoms with Crippen LogP contribution in [0.5, 0.6) is 5.75 Å². The van der Waals surface area contributed by atoms with E-state index in [-0.39, 0.29) is 12.5 Å². The lowest BCUT2D eigenvalue weighted by molar-refractivity contribution is -0.389. The van der Waals surface area contributed by atoms with Gasteiger partial charge in [0.1, 0.15) is 5.75 Å². The Kier molecular flexibility index (Phi) is 4.87. The number of aryl methyl sites for hydroxylation is 1. The molecule has 0 aliphatic heterocycles. The van der Waals surface area contributed by atoms with Gasteiger partial charge in [-0.25, -0.2) is 10.2 Å². The monoisotopic (exact) mass is 318 g/mol. The van der Waals surface area contributed by atoms with Gasteiger partial charge in [-0.1, -0.05) is 12.1 Å². The average molecular weight is 318 g/mol. The van der Waals surface area contributed by atoms with Gasteiger partial charge in [-0.05, 0) is 24.0 Å². The smallest absolute Gasteiger partial charge is 0.390 e. The second-order valence-electron chi connectivity index (χ2n) is 4.45. The standard InChI is InChI=1S/C13H14N6O4/c1-9-6-12(19(21)22)17-18(9)8-23-11-5-3-2-4-10(11)7-15-16-13(14)20/h2-7H,8H2,1H3,(H3,14,16,20). The first-order valence-electron chi connectivity index (χ1n) is 6.46. The molecule has 1 aromatic carbocycles. The molecule has 1 aromatic heterocycles. The molecular weight excluding hydrogens is 304 g/mol. The Morgan fingerprint density at radius 3 is 2.96 bits per heavy atom. The van der Waals surface area contributed by atoms with Crippen molar-refractivity contribution in [1.82, 2.24) is 15.2 Å². The molecule has 0 spiro atoms. The van der Waals surface area contributed by atoms with E-state index in [1.165, 1.54) is 17.0 Å². The zero-order valence-electron chi connectivity index (χ0n) is 12.2. The number of nitrogens with zero attached hydrogens (tertiary/aromatic N) is 4. The van der Waals surface area contributed by atoms with Crippen molar-refractivity contribution >= 4 is 18.1 Å². The molecule has 2 rings (SSSR count). The van der Waals surface area contributed by atoms with Crippen LogP contribution in [0, 0.1) is 17.0 Å². The summed E-state index contributed by atoms with van der Waals surface area (Å²) in [7, 11) is 0. The Morgan fingerprint density at radius 2 is 2.30 bits per heavy atom. The molecule has 0 aliphatic carbocycles. The molecular formula is C13H14N6O4. The molecule has 23 heavy (non-hydrogen) atoms. The van der Waals surface area contributed by atoms with Gasteiger partial charge in [-0.3, -0.25) is 0 Å². The number of carbonyl (C=O) groups excluding carboxylic acids is 1. The van der Waals surface area contributed by atoms with Gasteiger partial charge in [0, 0.05) is 5.56 Å². The van der Waals surface area contributed by atoms with Crippen LogP contribution in [-0.4, -0.2) is 26.9 Å². The molecule has 0 unspecified atom stereocenters. The van der Waals surface area contributed by atoms with Crippen molar-refractivity contribution in [3.05, 3.63) is 51.7 Å². The number of nitro groups is 1. The molecule has 3 N–H and O–H groups in total. The summed E-state index contributed by atoms with van der Waals surface area (Å²) in [4.78, 5) is 20.7. The van der Waals surface area contributed by atoms with E-state index in [0.717, 1.165) is 0 Å². The fourth-order valence-electron chi connectivity index (χ4n) is 1.73. The van der Waals surface area contributed by atoms with E-state index in [1.54, 1.807) is 31.2 Å². The maximum Gasteiger partial charge on any atom is 0.390 e. The maximum absolute atomic E-state index is 10.7. The number of benzene rings is 1. The maximum atomic E-state index is 10.7. The number of para-hydroxylation sites is 1. The third kappa shape index (κ3) is 4.27. The lowest BCUT2D eigenvalue weighted by Gasteiger charge is -2.07. The van der Waals surface area contributed by atoms with Crippen molar-refractivity contribution < 1.29 is 14.5 Å². The first kappa shape index (κ1) is 15.9. The van der Waals surface area contributed by atoms with Crippen molar-refractivity contribution in [1.29, 1.82) is 0 Å². The van der Waals surface area contributed by atoms with Crippen LogP contribution in [-0.2, 0) is 6.73 Å². The lowest BCUT2D eigenvalue weighted by atomic mass is 10.2. The highest BCUT2D eigenvalue weighted by Crippen LogP contribution is 2.17. The van der Waals surface area contributed by atoms with Gasteiger partial charge in [-0.15, -0.1) is 4.68 Å². The summed E-state index contributed by atoms with van der Waals surface area (Å²) >= 11 is 0. The third-order valence-electron chi connectivity index (χ3n) is 2.80. The number of primary amides is 1. The van der Waals surface area contributed by atoms with Crippen molar-refractivity contribution in [3.63, 3.8) is 0 Å². The number of hydrogen-bond acceptors (Lipinski definition) is 6. The van der Waals surface area contributed by atoms with Gasteiger partial charge >= 0.3 is 11.8 Å². The molecule has 120 valence electrons. The quantitative estimate of drug-likeness (QED) is 0.467. The van der Waals surface area contributed by atoms with Crippen LogP contribution in [0.2, 0.25) is 0 Å². The van der Waals surface area contributed by atoms with Crippen LogP contribution < -0.4 is 15.9 Å². The zero-order chi connectivity index (χ0) is 16.8. The molecule has 0 fully saturated rings. The predicted molar refractivity (Wildman–Crippen MR) is 81.0 cm³/mol. The Bertz CT molecular complexity index is 755. The zero-order valence-corrected chi connectivity index (χ0v) is 12.2. The molecule has 0 atom stereocenters. The van der Waals surface area contributed by atoms with Crippen molar-refractivity contribution in [2.75, 3.05) is 0 Å². The summed E-state index contributed by atoms with van der Waals surface area (Å²) in [6.45, 7) is 1.68. The van der Waals surface area contributed by atoms with Gasteiger partial charge in [0.25, 0.3) is 0 Å². The fraction of sp³-hybridized carbons (Fsp3) is 0.154. The lowest BCUT2D eigenvalue weighted by Crippen LogP contribution is -2.24. The van der Waals surface area contributed by atoms with E-state index in [9.17, 15) is 14.9 Å². The van der Waals surface area contributed by atoms with E-state index >= 15 is 0 Å². The van der Waals surface area contributed by atoms with Crippen LogP contribution in [0.15, 0.2) is 35.4 Å². The highest BCUT2D eigenvalue weighted by atomic mass is 16.6. The van der Waals surface area contributed by atoms with E-state index in [4.69, 9.17) is 10.5 Å². The topological polar surface area (TPSA) is 138 Å². The van der Waals surface area contributed by atoms with Gasteiger partial charge < -0.3 is 20.6 Å². The largest absolute Gasteiger partial charge is 0.469 e. The minimum absolute atomic E-state index is 0.00618. The van der Waals surface area contributed by atoms with E-state index in [0.29, 0.717) is 17.0 Å². The van der Waals surface area contributed by atoms with Crippen LogP contribution >= 0.6 is 0 Å². The third-order valence-corrected chi connectivity index (χ3v) is 2.80. The molecule has 2 amide bonds. The Hall–Kier alpha value is -3.43. The number of ether oxygens (including phenoxy) is 1. The molecule has 10 heteroatoms. The minimum Gasteiger partial charge on any atom is -0.469 e. The molecule has 2 aromatic rings. The van der Waals surface area contributed by atoms with E-state index in [2.05, 4.69) is 15.6 Å². The molecule has 0 aliphatic rings. The minimum atomic E-state index is -0.779. The summed E-state index contributed by atoms with van der Waals surface area (Å²) in [6.07, 6.45) is 1.37. The van der Waals surface area contributed by atoms with Gasteiger partial charge in [0.2, 0.25) is 6.73 Å². The van der Waals surface area contributed by atoms with Crippen molar-refractivity contribution in [3.8, 4) is 5.75 Å². The molecule has 0 radical (unpaired) electrons. The molecule has 1 heterocycles. The molecule has 10 nitrogen and oxygen atoms in total. The number of amides is 2. The normalized spacial score (nSPS) is 10.7. The average Bonchev–Trinajstić information content (AvgIpc) is 2.87. The van der Waals surface area contributed by atoms with Crippen LogP contribution in [0.25, 0.3) is 0 Å². The first-order chi connectivity index (χ1) is 11.0. The number of nitrogens with two attached hydrogens (primary N) is 1. The van der Waals surface area contributed by atoms with Gasteiger partial charge in [0.05, 0.1) is 23.1 Å². The van der Waals surface area contributed by atoms with Gasteiger partial charge in [0.15, 0.2) is 0 Å². The Balaban J connectivity index is 2.10. The summed E-state index contributed by atoms with van der Waals surface area (Å²) in [5.41, 5.74) is 8.18. The van der Waals surface area contributed by atoms with E-state index in [1.807, 2.05) is 0 Å². The number of nitrogens with one attached hydrogen (secondary N) is 1.